The average molecular weight is 243 g/mol. The highest BCUT2D eigenvalue weighted by Crippen LogP contribution is 2.14. The number of hydrogen-bond donors (Lipinski definition) is 1. The monoisotopic (exact) mass is 242 g/mol. The van der Waals surface area contributed by atoms with E-state index in [1.54, 1.807) is 6.20 Å². The van der Waals surface area contributed by atoms with Gasteiger partial charge < -0.3 is 10.5 Å². The standard InChI is InChI=1S/C12H19ClN2O/c1-12(2,8-14)9-16-7-5-10-4-3-6-15-11(10)13/h3-4,6H,5,7-9,14H2,1-2H3. The Labute approximate surface area is 102 Å². The summed E-state index contributed by atoms with van der Waals surface area (Å²) in [6, 6.07) is 3.85. The highest BCUT2D eigenvalue weighted by Gasteiger charge is 2.15. The van der Waals surface area contributed by atoms with Crippen molar-refractivity contribution in [2.75, 3.05) is 19.8 Å². The highest BCUT2D eigenvalue weighted by molar-refractivity contribution is 6.30. The number of aromatic nitrogens is 1. The molecule has 0 fully saturated rings. The minimum atomic E-state index is 0.0404. The number of nitrogens with zero attached hydrogens (tertiary/aromatic N) is 1. The van der Waals surface area contributed by atoms with E-state index >= 15 is 0 Å². The first-order valence-corrected chi connectivity index (χ1v) is 5.80. The molecule has 0 spiro atoms. The molecule has 2 N–H and O–H groups in total. The first-order chi connectivity index (χ1) is 7.55. The molecule has 0 saturated heterocycles. The number of ether oxygens (including phenoxy) is 1. The van der Waals surface area contributed by atoms with E-state index in [9.17, 15) is 0 Å². The maximum atomic E-state index is 5.93. The summed E-state index contributed by atoms with van der Waals surface area (Å²) in [4.78, 5) is 4.01. The molecule has 1 rings (SSSR count). The van der Waals surface area contributed by atoms with Crippen molar-refractivity contribution in [3.8, 4) is 0 Å². The van der Waals surface area contributed by atoms with Crippen LogP contribution in [-0.2, 0) is 11.2 Å². The Kier molecular flexibility index (Phi) is 5.19. The van der Waals surface area contributed by atoms with Crippen LogP contribution >= 0.6 is 11.6 Å². The molecule has 1 aromatic heterocycles. The van der Waals surface area contributed by atoms with Gasteiger partial charge in [-0.25, -0.2) is 4.98 Å². The molecule has 0 aliphatic rings. The summed E-state index contributed by atoms with van der Waals surface area (Å²) in [5.74, 6) is 0. The van der Waals surface area contributed by atoms with Crippen LogP contribution in [0, 0.1) is 5.41 Å². The van der Waals surface area contributed by atoms with Crippen LogP contribution in [0.1, 0.15) is 19.4 Å². The predicted octanol–water partition coefficient (Wildman–Crippen LogP) is 2.28. The van der Waals surface area contributed by atoms with Crippen molar-refractivity contribution in [3.63, 3.8) is 0 Å². The van der Waals surface area contributed by atoms with Gasteiger partial charge >= 0.3 is 0 Å². The molecule has 3 nitrogen and oxygen atoms in total. The van der Waals surface area contributed by atoms with Crippen LogP contribution in [0.15, 0.2) is 18.3 Å². The summed E-state index contributed by atoms with van der Waals surface area (Å²) < 4.78 is 5.58. The summed E-state index contributed by atoms with van der Waals surface area (Å²) in [6.45, 7) is 6.12. The number of halogens is 1. The van der Waals surface area contributed by atoms with Gasteiger partial charge in [-0.15, -0.1) is 0 Å². The van der Waals surface area contributed by atoms with Crippen LogP contribution in [0.5, 0.6) is 0 Å². The molecule has 16 heavy (non-hydrogen) atoms. The molecule has 0 aromatic carbocycles. The smallest absolute Gasteiger partial charge is 0.132 e. The number of nitrogens with two attached hydrogens (primary N) is 1. The van der Waals surface area contributed by atoms with Gasteiger partial charge in [0.05, 0.1) is 13.2 Å². The zero-order valence-corrected chi connectivity index (χ0v) is 10.6. The lowest BCUT2D eigenvalue weighted by Gasteiger charge is -2.21. The van der Waals surface area contributed by atoms with Gasteiger partial charge in [0.15, 0.2) is 0 Å². The summed E-state index contributed by atoms with van der Waals surface area (Å²) in [6.07, 6.45) is 2.47. The van der Waals surface area contributed by atoms with Crippen molar-refractivity contribution in [3.05, 3.63) is 29.0 Å². The second-order valence-electron chi connectivity index (χ2n) is 4.62. The van der Waals surface area contributed by atoms with E-state index in [4.69, 9.17) is 22.1 Å². The molecule has 0 aliphatic heterocycles. The maximum absolute atomic E-state index is 5.93. The lowest BCUT2D eigenvalue weighted by atomic mass is 9.95. The molecular formula is C12H19ClN2O. The molecule has 0 unspecified atom stereocenters. The van der Waals surface area contributed by atoms with Gasteiger partial charge in [0.2, 0.25) is 0 Å². The van der Waals surface area contributed by atoms with Crippen molar-refractivity contribution < 1.29 is 4.74 Å². The van der Waals surface area contributed by atoms with E-state index in [2.05, 4.69) is 18.8 Å². The molecule has 4 heteroatoms. The Morgan fingerprint density at radius 3 is 2.88 bits per heavy atom. The summed E-state index contributed by atoms with van der Waals surface area (Å²) in [7, 11) is 0. The average Bonchev–Trinajstić information content (AvgIpc) is 2.27. The zero-order valence-electron chi connectivity index (χ0n) is 9.87. The molecule has 0 amide bonds. The van der Waals surface area contributed by atoms with Gasteiger partial charge in [0, 0.05) is 11.6 Å². The first kappa shape index (κ1) is 13.4. The van der Waals surface area contributed by atoms with Gasteiger partial charge in [0.1, 0.15) is 5.15 Å². The van der Waals surface area contributed by atoms with Crippen molar-refractivity contribution in [2.45, 2.75) is 20.3 Å². The molecule has 0 aliphatic carbocycles. The first-order valence-electron chi connectivity index (χ1n) is 5.42. The summed E-state index contributed by atoms with van der Waals surface area (Å²) in [5, 5.41) is 0.559. The second-order valence-corrected chi connectivity index (χ2v) is 4.98. The van der Waals surface area contributed by atoms with Crippen LogP contribution in [0.25, 0.3) is 0 Å². The van der Waals surface area contributed by atoms with Gasteiger partial charge in [-0.05, 0) is 24.6 Å². The third kappa shape index (κ3) is 4.47. The molecule has 0 atom stereocenters. The Morgan fingerprint density at radius 1 is 1.50 bits per heavy atom. The quantitative estimate of drug-likeness (QED) is 0.615. The largest absolute Gasteiger partial charge is 0.380 e. The van der Waals surface area contributed by atoms with Gasteiger partial charge in [-0.3, -0.25) is 0 Å². The maximum Gasteiger partial charge on any atom is 0.132 e. The number of pyridine rings is 1. The van der Waals surface area contributed by atoms with Crippen LogP contribution in [0.2, 0.25) is 5.15 Å². The lowest BCUT2D eigenvalue weighted by Crippen LogP contribution is -2.29. The molecule has 90 valence electrons. The van der Waals surface area contributed by atoms with Crippen LogP contribution in [0.3, 0.4) is 0 Å². The molecule has 0 saturated carbocycles. The lowest BCUT2D eigenvalue weighted by molar-refractivity contribution is 0.0684. The van der Waals surface area contributed by atoms with E-state index in [-0.39, 0.29) is 5.41 Å². The summed E-state index contributed by atoms with van der Waals surface area (Å²) >= 11 is 5.93. The van der Waals surface area contributed by atoms with Crippen molar-refractivity contribution in [1.82, 2.24) is 4.98 Å². The van der Waals surface area contributed by atoms with Crippen molar-refractivity contribution in [2.24, 2.45) is 11.1 Å². The predicted molar refractivity (Wildman–Crippen MR) is 66.6 cm³/mol. The summed E-state index contributed by atoms with van der Waals surface area (Å²) in [5.41, 5.74) is 6.68. The van der Waals surface area contributed by atoms with Gasteiger partial charge in [0.25, 0.3) is 0 Å². The number of rotatable bonds is 6. The molecule has 0 bridgehead atoms. The van der Waals surface area contributed by atoms with Gasteiger partial charge in [-0.2, -0.15) is 0 Å². The van der Waals surface area contributed by atoms with E-state index < -0.39 is 0 Å². The Bertz CT molecular complexity index is 329. The Morgan fingerprint density at radius 2 is 2.25 bits per heavy atom. The third-order valence-electron chi connectivity index (χ3n) is 2.40. The Balaban J connectivity index is 2.29. The van der Waals surface area contributed by atoms with Crippen LogP contribution in [0.4, 0.5) is 0 Å². The van der Waals surface area contributed by atoms with E-state index in [1.165, 1.54) is 0 Å². The fraction of sp³-hybridized carbons (Fsp3) is 0.583. The van der Waals surface area contributed by atoms with Gasteiger partial charge in [-0.1, -0.05) is 31.5 Å². The minimum absolute atomic E-state index is 0.0404. The van der Waals surface area contributed by atoms with Crippen molar-refractivity contribution >= 4 is 11.6 Å². The van der Waals surface area contributed by atoms with E-state index in [1.807, 2.05) is 12.1 Å². The molecule has 0 radical (unpaired) electrons. The normalized spacial score (nSPS) is 11.8. The fourth-order valence-corrected chi connectivity index (χ4v) is 1.41. The fourth-order valence-electron chi connectivity index (χ4n) is 1.20. The highest BCUT2D eigenvalue weighted by atomic mass is 35.5. The topological polar surface area (TPSA) is 48.1 Å². The minimum Gasteiger partial charge on any atom is -0.380 e. The SMILES string of the molecule is CC(C)(CN)COCCc1cccnc1Cl. The molecule has 1 aromatic rings. The molecule has 1 heterocycles. The van der Waals surface area contributed by atoms with E-state index in [0.717, 1.165) is 12.0 Å². The number of hydrogen-bond acceptors (Lipinski definition) is 3. The van der Waals surface area contributed by atoms with Crippen LogP contribution in [-0.4, -0.2) is 24.7 Å². The van der Waals surface area contributed by atoms with Crippen LogP contribution < -0.4 is 5.73 Å². The zero-order chi connectivity index (χ0) is 12.0. The van der Waals surface area contributed by atoms with Crippen molar-refractivity contribution in [1.29, 1.82) is 0 Å². The van der Waals surface area contributed by atoms with E-state index in [0.29, 0.717) is 24.9 Å². The second kappa shape index (κ2) is 6.18. The third-order valence-corrected chi connectivity index (χ3v) is 2.74. The Hall–Kier alpha value is -0.640. The molecular weight excluding hydrogens is 224 g/mol.